The zero-order valence-corrected chi connectivity index (χ0v) is 16.9. The number of benzene rings is 1. The third-order valence-corrected chi connectivity index (χ3v) is 6.21. The number of hydrogen-bond donors (Lipinski definition) is 3. The molecule has 26 heavy (non-hydrogen) atoms. The van der Waals surface area contributed by atoms with E-state index in [1.807, 2.05) is 0 Å². The fraction of sp³-hybridized carbons (Fsp3) is 0.562. The number of sulfonamides is 1. The summed E-state index contributed by atoms with van der Waals surface area (Å²) in [5.74, 6) is 0.942. The summed E-state index contributed by atoms with van der Waals surface area (Å²) in [4.78, 5) is 12.1. The summed E-state index contributed by atoms with van der Waals surface area (Å²) in [7, 11) is -3.62. The number of amides is 1. The molecule has 1 atom stereocenters. The lowest BCUT2D eigenvalue weighted by Gasteiger charge is -2.21. The summed E-state index contributed by atoms with van der Waals surface area (Å²) in [6, 6.07) is 6.17. The van der Waals surface area contributed by atoms with Crippen LogP contribution in [0.4, 0.5) is 5.69 Å². The Morgan fingerprint density at radius 1 is 1.35 bits per heavy atom. The monoisotopic (exact) mass is 423 g/mol. The van der Waals surface area contributed by atoms with Crippen LogP contribution in [0.25, 0.3) is 0 Å². The second-order valence-corrected chi connectivity index (χ2v) is 8.56. The van der Waals surface area contributed by atoms with Crippen LogP contribution in [-0.2, 0) is 19.6 Å². The molecule has 1 aromatic carbocycles. The summed E-state index contributed by atoms with van der Waals surface area (Å²) in [6.45, 7) is 1.19. The van der Waals surface area contributed by atoms with Gasteiger partial charge in [0.15, 0.2) is 0 Å². The summed E-state index contributed by atoms with van der Waals surface area (Å²) in [6.07, 6.45) is 3.57. The van der Waals surface area contributed by atoms with Crippen molar-refractivity contribution in [1.82, 2.24) is 4.72 Å². The van der Waals surface area contributed by atoms with E-state index in [2.05, 4.69) is 10.0 Å². The third kappa shape index (κ3) is 7.81. The normalized spacial score (nSPS) is 17.3. The highest BCUT2D eigenvalue weighted by molar-refractivity contribution is 8.00. The molecular formula is C16H26ClN3O4S2. The minimum absolute atomic E-state index is 0. The van der Waals surface area contributed by atoms with Gasteiger partial charge in [0.2, 0.25) is 15.9 Å². The number of nitrogens with two attached hydrogens (primary N) is 1. The molecule has 1 unspecified atom stereocenters. The quantitative estimate of drug-likeness (QED) is 0.556. The first-order chi connectivity index (χ1) is 12.0. The third-order valence-electron chi connectivity index (χ3n) is 3.68. The first kappa shape index (κ1) is 23.2. The highest BCUT2D eigenvalue weighted by Crippen LogP contribution is 2.18. The molecule has 1 heterocycles. The van der Waals surface area contributed by atoms with Crippen molar-refractivity contribution < 1.29 is 17.9 Å². The smallest absolute Gasteiger partial charge is 0.240 e. The molecule has 0 saturated carbocycles. The number of halogens is 1. The second-order valence-electron chi connectivity index (χ2n) is 5.77. The van der Waals surface area contributed by atoms with E-state index < -0.39 is 10.0 Å². The molecule has 0 radical (unpaired) electrons. The predicted octanol–water partition coefficient (Wildman–Crippen LogP) is 1.59. The van der Waals surface area contributed by atoms with Gasteiger partial charge in [-0.1, -0.05) is 6.07 Å². The Morgan fingerprint density at radius 3 is 2.85 bits per heavy atom. The van der Waals surface area contributed by atoms with E-state index in [0.29, 0.717) is 11.4 Å². The lowest BCUT2D eigenvalue weighted by Crippen LogP contribution is -2.29. The molecule has 1 amide bonds. The predicted molar refractivity (Wildman–Crippen MR) is 107 cm³/mol. The summed E-state index contributed by atoms with van der Waals surface area (Å²) >= 11 is 1.53. The number of carbonyl (C=O) groups excluding carboxylic acids is 1. The summed E-state index contributed by atoms with van der Waals surface area (Å²) in [5.41, 5.74) is 5.77. The topological polar surface area (TPSA) is 111 Å². The number of anilines is 1. The Bertz CT molecular complexity index is 667. The van der Waals surface area contributed by atoms with Gasteiger partial charge in [0.25, 0.3) is 0 Å². The van der Waals surface area contributed by atoms with Gasteiger partial charge in [0.1, 0.15) is 0 Å². The molecule has 7 nitrogen and oxygen atoms in total. The Balaban J connectivity index is 0.00000338. The lowest BCUT2D eigenvalue weighted by molar-refractivity contribution is -0.113. The van der Waals surface area contributed by atoms with Crippen LogP contribution in [-0.4, -0.2) is 51.6 Å². The van der Waals surface area contributed by atoms with Gasteiger partial charge in [0, 0.05) is 31.1 Å². The minimum atomic E-state index is -3.62. The average Bonchev–Trinajstić information content (AvgIpc) is 2.61. The van der Waals surface area contributed by atoms with Gasteiger partial charge in [-0.15, -0.1) is 24.2 Å². The number of hydrogen-bond acceptors (Lipinski definition) is 6. The van der Waals surface area contributed by atoms with Gasteiger partial charge >= 0.3 is 0 Å². The molecule has 1 aromatic rings. The van der Waals surface area contributed by atoms with Crippen molar-refractivity contribution in [3.63, 3.8) is 0 Å². The van der Waals surface area contributed by atoms with Gasteiger partial charge in [-0.3, -0.25) is 4.79 Å². The van der Waals surface area contributed by atoms with E-state index in [4.69, 9.17) is 10.5 Å². The molecule has 10 heteroatoms. The molecule has 2 rings (SSSR count). The van der Waals surface area contributed by atoms with Crippen molar-refractivity contribution in [2.24, 2.45) is 5.73 Å². The van der Waals surface area contributed by atoms with Gasteiger partial charge in [0.05, 0.1) is 16.8 Å². The Kier molecular flexibility index (Phi) is 10.5. The van der Waals surface area contributed by atoms with E-state index in [0.717, 1.165) is 25.2 Å². The average molecular weight is 424 g/mol. The van der Waals surface area contributed by atoms with Crippen molar-refractivity contribution >= 4 is 45.8 Å². The molecule has 0 aliphatic carbocycles. The Morgan fingerprint density at radius 2 is 2.15 bits per heavy atom. The number of ether oxygens (including phenoxy) is 1. The van der Waals surface area contributed by atoms with E-state index >= 15 is 0 Å². The van der Waals surface area contributed by atoms with E-state index in [-0.39, 0.29) is 42.4 Å². The van der Waals surface area contributed by atoms with Crippen molar-refractivity contribution in [2.75, 3.05) is 36.5 Å². The number of nitrogens with one attached hydrogen (secondary N) is 2. The molecule has 1 aliphatic rings. The highest BCUT2D eigenvalue weighted by atomic mass is 35.5. The summed E-state index contributed by atoms with van der Waals surface area (Å²) < 4.78 is 32.2. The molecule has 1 aliphatic heterocycles. The zero-order chi connectivity index (χ0) is 18.1. The first-order valence-electron chi connectivity index (χ1n) is 8.30. The van der Waals surface area contributed by atoms with Crippen LogP contribution in [0.15, 0.2) is 29.2 Å². The van der Waals surface area contributed by atoms with Crippen LogP contribution in [0.3, 0.4) is 0 Å². The number of rotatable bonds is 9. The van der Waals surface area contributed by atoms with Crippen molar-refractivity contribution in [2.45, 2.75) is 30.3 Å². The second kappa shape index (κ2) is 11.8. The maximum absolute atomic E-state index is 12.1. The molecule has 0 spiro atoms. The Labute approximate surface area is 165 Å². The SMILES string of the molecule is Cl.NCCNS(=O)(=O)c1cccc(NC(=O)CSCC2CCCCO2)c1. The van der Waals surface area contributed by atoms with Crippen LogP contribution >= 0.6 is 24.2 Å². The molecule has 1 fully saturated rings. The van der Waals surface area contributed by atoms with E-state index in [1.165, 1.54) is 30.3 Å². The van der Waals surface area contributed by atoms with Crippen LogP contribution in [0.1, 0.15) is 19.3 Å². The Hall–Kier alpha value is -0.840. The molecule has 0 aromatic heterocycles. The standard InChI is InChI=1S/C16H25N3O4S2.ClH/c17-7-8-18-25(21,22)15-6-3-4-13(10-15)19-16(20)12-24-11-14-5-1-2-9-23-14;/h3-4,6,10,14,18H,1-2,5,7-9,11-12,17H2,(H,19,20);1H. The molecule has 0 bridgehead atoms. The molecule has 4 N–H and O–H groups in total. The van der Waals surface area contributed by atoms with Crippen molar-refractivity contribution in [1.29, 1.82) is 0 Å². The summed E-state index contributed by atoms with van der Waals surface area (Å²) in [5, 5.41) is 2.73. The van der Waals surface area contributed by atoms with Crippen molar-refractivity contribution in [3.05, 3.63) is 24.3 Å². The fourth-order valence-electron chi connectivity index (χ4n) is 2.44. The van der Waals surface area contributed by atoms with E-state index in [1.54, 1.807) is 12.1 Å². The lowest BCUT2D eigenvalue weighted by atomic mass is 10.1. The molecule has 1 saturated heterocycles. The van der Waals surface area contributed by atoms with Crippen LogP contribution < -0.4 is 15.8 Å². The number of carbonyl (C=O) groups is 1. The zero-order valence-electron chi connectivity index (χ0n) is 14.5. The largest absolute Gasteiger partial charge is 0.377 e. The van der Waals surface area contributed by atoms with Gasteiger partial charge < -0.3 is 15.8 Å². The van der Waals surface area contributed by atoms with Gasteiger partial charge in [-0.25, -0.2) is 13.1 Å². The first-order valence-corrected chi connectivity index (χ1v) is 10.9. The van der Waals surface area contributed by atoms with Gasteiger partial charge in [-0.2, -0.15) is 0 Å². The maximum Gasteiger partial charge on any atom is 0.240 e. The van der Waals surface area contributed by atoms with Gasteiger partial charge in [-0.05, 0) is 37.5 Å². The van der Waals surface area contributed by atoms with Crippen LogP contribution in [0.5, 0.6) is 0 Å². The van der Waals surface area contributed by atoms with E-state index in [9.17, 15) is 13.2 Å². The number of thioether (sulfide) groups is 1. The molecular weight excluding hydrogens is 398 g/mol. The minimum Gasteiger partial charge on any atom is -0.377 e. The molecule has 148 valence electrons. The van der Waals surface area contributed by atoms with Crippen LogP contribution in [0, 0.1) is 0 Å². The fourth-order valence-corrected chi connectivity index (χ4v) is 4.43. The highest BCUT2D eigenvalue weighted by Gasteiger charge is 2.16. The van der Waals surface area contributed by atoms with Crippen molar-refractivity contribution in [3.8, 4) is 0 Å². The maximum atomic E-state index is 12.1. The van der Waals surface area contributed by atoms with Crippen LogP contribution in [0.2, 0.25) is 0 Å².